The number of rotatable bonds is 2. The second-order valence-electron chi connectivity index (χ2n) is 3.92. The molecule has 2 aliphatic rings. The van der Waals surface area contributed by atoms with E-state index in [2.05, 4.69) is 5.32 Å². The number of allylic oxidation sites excluding steroid dienone is 2. The van der Waals surface area contributed by atoms with E-state index in [1.54, 1.807) is 13.0 Å². The Hall–Kier alpha value is -1.91. The molecule has 16 heavy (non-hydrogen) atoms. The Morgan fingerprint density at radius 2 is 2.25 bits per heavy atom. The molecule has 84 valence electrons. The van der Waals surface area contributed by atoms with Crippen molar-refractivity contribution in [3.63, 3.8) is 0 Å². The van der Waals surface area contributed by atoms with Crippen LogP contribution in [-0.2, 0) is 14.4 Å². The second-order valence-corrected chi connectivity index (χ2v) is 3.92. The van der Waals surface area contributed by atoms with Gasteiger partial charge in [-0.15, -0.1) is 0 Å². The lowest BCUT2D eigenvalue weighted by Crippen LogP contribution is -2.20. The quantitative estimate of drug-likeness (QED) is 0.706. The van der Waals surface area contributed by atoms with Crippen molar-refractivity contribution in [1.82, 2.24) is 5.32 Å². The van der Waals surface area contributed by atoms with Gasteiger partial charge in [-0.1, -0.05) is 6.08 Å². The van der Waals surface area contributed by atoms with Gasteiger partial charge in [-0.05, 0) is 12.5 Å². The number of nitrogens with one attached hydrogen (secondary N) is 1. The molecule has 2 N–H and O–H groups in total. The number of amides is 1. The van der Waals surface area contributed by atoms with Gasteiger partial charge in [-0.25, -0.2) is 0 Å². The summed E-state index contributed by atoms with van der Waals surface area (Å²) in [7, 11) is 0. The number of aliphatic carboxylic acids is 1. The molecule has 0 aromatic carbocycles. The Morgan fingerprint density at radius 3 is 2.88 bits per heavy atom. The molecule has 0 bridgehead atoms. The maximum absolute atomic E-state index is 11.6. The first kappa shape index (κ1) is 10.6. The van der Waals surface area contributed by atoms with Crippen LogP contribution >= 0.6 is 0 Å². The van der Waals surface area contributed by atoms with Gasteiger partial charge < -0.3 is 10.4 Å². The third-order valence-corrected chi connectivity index (χ3v) is 2.87. The molecule has 1 amide bonds. The molecule has 1 aliphatic heterocycles. The van der Waals surface area contributed by atoms with Gasteiger partial charge in [0.2, 0.25) is 5.91 Å². The molecule has 1 fully saturated rings. The highest BCUT2D eigenvalue weighted by atomic mass is 16.4. The summed E-state index contributed by atoms with van der Waals surface area (Å²) in [5, 5.41) is 11.3. The third kappa shape index (κ3) is 1.54. The summed E-state index contributed by atoms with van der Waals surface area (Å²) in [6.45, 7) is 1.74. The number of hydrogen-bond donors (Lipinski definition) is 2. The topological polar surface area (TPSA) is 83.5 Å². The highest BCUT2D eigenvalue weighted by molar-refractivity contribution is 6.05. The fraction of sp³-hybridized carbons (Fsp3) is 0.364. The summed E-state index contributed by atoms with van der Waals surface area (Å²) in [4.78, 5) is 33.6. The lowest BCUT2D eigenvalue weighted by atomic mass is 9.89. The van der Waals surface area contributed by atoms with Crippen LogP contribution in [0.3, 0.4) is 0 Å². The van der Waals surface area contributed by atoms with E-state index in [0.717, 1.165) is 5.57 Å². The Balaban J connectivity index is 2.45. The van der Waals surface area contributed by atoms with Crippen LogP contribution in [0, 0.1) is 5.92 Å². The number of carboxylic acid groups (broad SMARTS) is 1. The maximum Gasteiger partial charge on any atom is 0.308 e. The van der Waals surface area contributed by atoms with Crippen LogP contribution in [0.5, 0.6) is 0 Å². The van der Waals surface area contributed by atoms with Gasteiger partial charge in [0.1, 0.15) is 0 Å². The number of Topliss-reactive ketones (excluding diaryl/α,β-unsaturated/α-hetero) is 1. The molecular weight excluding hydrogens is 210 g/mol. The standard InChI is InChI=1S/C11H11NO4/c1-5-6-2-3-8(13)7(4-9(14)15)10(6)12-11(5)16/h2,5H,3-4H2,1H3,(H,12,16)(H,14,15). The zero-order valence-corrected chi connectivity index (χ0v) is 8.74. The van der Waals surface area contributed by atoms with Crippen molar-refractivity contribution in [2.24, 2.45) is 5.92 Å². The average molecular weight is 221 g/mol. The first-order valence-corrected chi connectivity index (χ1v) is 5.00. The van der Waals surface area contributed by atoms with E-state index < -0.39 is 5.97 Å². The second kappa shape index (κ2) is 3.59. The Morgan fingerprint density at radius 1 is 1.56 bits per heavy atom. The zero-order chi connectivity index (χ0) is 11.9. The first-order chi connectivity index (χ1) is 7.50. The van der Waals surface area contributed by atoms with Gasteiger partial charge in [0.15, 0.2) is 5.78 Å². The van der Waals surface area contributed by atoms with Crippen molar-refractivity contribution in [2.75, 3.05) is 0 Å². The molecule has 0 saturated carbocycles. The third-order valence-electron chi connectivity index (χ3n) is 2.87. The van der Waals surface area contributed by atoms with Crippen molar-refractivity contribution < 1.29 is 19.5 Å². The van der Waals surface area contributed by atoms with Crippen molar-refractivity contribution in [1.29, 1.82) is 0 Å². The summed E-state index contributed by atoms with van der Waals surface area (Å²) >= 11 is 0. The SMILES string of the molecule is CC1C(=O)NC2=C(CC(=O)O)C(=O)CC=C21. The summed E-state index contributed by atoms with van der Waals surface area (Å²) in [6.07, 6.45) is 1.55. The van der Waals surface area contributed by atoms with Crippen LogP contribution < -0.4 is 5.32 Å². The Labute approximate surface area is 91.8 Å². The van der Waals surface area contributed by atoms with E-state index in [4.69, 9.17) is 5.11 Å². The van der Waals surface area contributed by atoms with Crippen molar-refractivity contribution in [2.45, 2.75) is 19.8 Å². The van der Waals surface area contributed by atoms with Gasteiger partial charge >= 0.3 is 5.97 Å². The molecule has 5 nitrogen and oxygen atoms in total. The smallest absolute Gasteiger partial charge is 0.308 e. The predicted octanol–water partition coefficient (Wildman–Crippen LogP) is 0.380. The maximum atomic E-state index is 11.6. The van der Waals surface area contributed by atoms with Crippen LogP contribution in [0.15, 0.2) is 22.9 Å². The molecule has 0 radical (unpaired) electrons. The molecule has 1 heterocycles. The van der Waals surface area contributed by atoms with Crippen molar-refractivity contribution >= 4 is 17.7 Å². The highest BCUT2D eigenvalue weighted by Gasteiger charge is 2.35. The van der Waals surface area contributed by atoms with Crippen LogP contribution in [0.4, 0.5) is 0 Å². The van der Waals surface area contributed by atoms with E-state index in [-0.39, 0.29) is 36.0 Å². The number of hydrogen-bond acceptors (Lipinski definition) is 3. The number of carbonyl (C=O) groups is 3. The molecule has 1 atom stereocenters. The zero-order valence-electron chi connectivity index (χ0n) is 8.74. The van der Waals surface area contributed by atoms with Crippen LogP contribution in [0.2, 0.25) is 0 Å². The fourth-order valence-electron chi connectivity index (χ4n) is 1.99. The number of carbonyl (C=O) groups excluding carboxylic acids is 2. The van der Waals surface area contributed by atoms with E-state index in [0.29, 0.717) is 5.70 Å². The minimum atomic E-state index is -1.06. The van der Waals surface area contributed by atoms with Gasteiger partial charge in [0.25, 0.3) is 0 Å². The van der Waals surface area contributed by atoms with Crippen LogP contribution in [-0.4, -0.2) is 22.8 Å². The Kier molecular flexibility index (Phi) is 2.38. The highest BCUT2D eigenvalue weighted by Crippen LogP contribution is 2.33. The van der Waals surface area contributed by atoms with Gasteiger partial charge in [0, 0.05) is 12.0 Å². The molecular formula is C11H11NO4. The molecule has 2 rings (SSSR count). The normalized spacial score (nSPS) is 24.1. The van der Waals surface area contributed by atoms with E-state index in [1.807, 2.05) is 0 Å². The minimum Gasteiger partial charge on any atom is -0.481 e. The van der Waals surface area contributed by atoms with E-state index in [1.165, 1.54) is 0 Å². The number of ketones is 1. The fourth-order valence-corrected chi connectivity index (χ4v) is 1.99. The first-order valence-electron chi connectivity index (χ1n) is 5.00. The average Bonchev–Trinajstić information content (AvgIpc) is 2.48. The summed E-state index contributed by atoms with van der Waals surface area (Å²) in [6, 6.07) is 0. The van der Waals surface area contributed by atoms with Crippen molar-refractivity contribution in [3.05, 3.63) is 22.9 Å². The van der Waals surface area contributed by atoms with E-state index in [9.17, 15) is 14.4 Å². The number of carboxylic acids is 1. The molecule has 0 spiro atoms. The Bertz CT molecular complexity index is 455. The molecule has 1 saturated heterocycles. The predicted molar refractivity (Wildman–Crippen MR) is 54.3 cm³/mol. The lowest BCUT2D eigenvalue weighted by Gasteiger charge is -2.14. The summed E-state index contributed by atoms with van der Waals surface area (Å²) in [5.41, 5.74) is 1.37. The lowest BCUT2D eigenvalue weighted by molar-refractivity contribution is -0.137. The molecule has 0 aromatic heterocycles. The van der Waals surface area contributed by atoms with Gasteiger partial charge in [0.05, 0.1) is 18.0 Å². The molecule has 5 heteroatoms. The molecule has 0 aromatic rings. The van der Waals surface area contributed by atoms with Crippen LogP contribution in [0.1, 0.15) is 19.8 Å². The van der Waals surface area contributed by atoms with Gasteiger partial charge in [-0.3, -0.25) is 14.4 Å². The summed E-state index contributed by atoms with van der Waals surface area (Å²) in [5.74, 6) is -1.77. The molecule has 1 aliphatic carbocycles. The summed E-state index contributed by atoms with van der Waals surface area (Å²) < 4.78 is 0. The molecule has 1 unspecified atom stereocenters. The van der Waals surface area contributed by atoms with Crippen molar-refractivity contribution in [3.8, 4) is 0 Å². The minimum absolute atomic E-state index is 0.181. The monoisotopic (exact) mass is 221 g/mol. The largest absolute Gasteiger partial charge is 0.481 e. The van der Waals surface area contributed by atoms with E-state index >= 15 is 0 Å². The number of fused-ring (bicyclic) bond motifs is 1. The van der Waals surface area contributed by atoms with Gasteiger partial charge in [-0.2, -0.15) is 0 Å². The van der Waals surface area contributed by atoms with Crippen LogP contribution in [0.25, 0.3) is 0 Å².